The van der Waals surface area contributed by atoms with Crippen LogP contribution in [0.25, 0.3) is 0 Å². The first-order chi connectivity index (χ1) is 6.91. The topological polar surface area (TPSA) is 69.1 Å². The van der Waals surface area contributed by atoms with Crippen molar-refractivity contribution in [1.82, 2.24) is 0 Å². The smallest absolute Gasteiger partial charge is 0.248 e. The van der Waals surface area contributed by atoms with E-state index in [2.05, 4.69) is 0 Å². The summed E-state index contributed by atoms with van der Waals surface area (Å²) in [5, 5.41) is 0. The van der Waals surface area contributed by atoms with E-state index in [1.165, 1.54) is 5.56 Å². The Morgan fingerprint density at radius 3 is 2.13 bits per heavy atom. The van der Waals surface area contributed by atoms with Gasteiger partial charge in [-0.2, -0.15) is 0 Å². The highest BCUT2D eigenvalue weighted by Gasteiger charge is 2.09. The van der Waals surface area contributed by atoms with E-state index in [4.69, 9.17) is 11.5 Å². The number of primary amides is 1. The zero-order chi connectivity index (χ0) is 11.6. The van der Waals surface area contributed by atoms with Crippen LogP contribution in [0, 0.1) is 13.8 Å². The Hall–Kier alpha value is -1.35. The molecule has 1 atom stereocenters. The molecule has 0 aliphatic heterocycles. The average Bonchev–Trinajstić information content (AvgIpc) is 2.10. The lowest BCUT2D eigenvalue weighted by Crippen LogP contribution is -2.20. The Morgan fingerprint density at radius 2 is 1.80 bits per heavy atom. The van der Waals surface area contributed by atoms with Gasteiger partial charge in [0, 0.05) is 11.6 Å². The van der Waals surface area contributed by atoms with Gasteiger partial charge in [-0.3, -0.25) is 4.79 Å². The van der Waals surface area contributed by atoms with Gasteiger partial charge in [0.1, 0.15) is 0 Å². The molecule has 0 radical (unpaired) electrons. The Kier molecular flexibility index (Phi) is 3.48. The molecule has 1 rings (SSSR count). The predicted molar refractivity (Wildman–Crippen MR) is 61.8 cm³/mol. The largest absolute Gasteiger partial charge is 0.366 e. The second kappa shape index (κ2) is 4.45. The van der Waals surface area contributed by atoms with Gasteiger partial charge in [0.25, 0.3) is 0 Å². The zero-order valence-corrected chi connectivity index (χ0v) is 9.50. The number of carbonyl (C=O) groups is 1. The SMILES string of the molecule is Cc1cc(C(N)=O)cc(C)c1C[C@H](C)N. The van der Waals surface area contributed by atoms with Crippen molar-refractivity contribution < 1.29 is 4.79 Å². The standard InChI is InChI=1S/C12H18N2O/c1-7-4-10(12(14)15)5-8(2)11(7)6-9(3)13/h4-5,9H,6,13H2,1-3H3,(H2,14,15)/t9-/m0/s1. The monoisotopic (exact) mass is 206 g/mol. The Labute approximate surface area is 90.5 Å². The fourth-order valence-electron chi connectivity index (χ4n) is 1.78. The van der Waals surface area contributed by atoms with E-state index in [1.807, 2.05) is 32.9 Å². The maximum absolute atomic E-state index is 11.0. The number of carbonyl (C=O) groups excluding carboxylic acids is 1. The van der Waals surface area contributed by atoms with Gasteiger partial charge in [0.2, 0.25) is 5.91 Å². The van der Waals surface area contributed by atoms with Crippen molar-refractivity contribution in [2.45, 2.75) is 33.2 Å². The second-order valence-electron chi connectivity index (χ2n) is 4.13. The Bertz CT molecular complexity index is 360. The molecule has 0 heterocycles. The molecule has 0 spiro atoms. The van der Waals surface area contributed by atoms with E-state index < -0.39 is 0 Å². The summed E-state index contributed by atoms with van der Waals surface area (Å²) in [6, 6.07) is 3.78. The van der Waals surface area contributed by atoms with E-state index in [0.29, 0.717) is 5.56 Å². The molecule has 1 aromatic rings. The number of amides is 1. The molecule has 1 amide bonds. The van der Waals surface area contributed by atoms with Crippen molar-refractivity contribution >= 4 is 5.91 Å². The van der Waals surface area contributed by atoms with Crippen LogP contribution < -0.4 is 11.5 Å². The van der Waals surface area contributed by atoms with Gasteiger partial charge in [-0.05, 0) is 56.0 Å². The zero-order valence-electron chi connectivity index (χ0n) is 9.50. The molecule has 0 aliphatic rings. The van der Waals surface area contributed by atoms with E-state index in [0.717, 1.165) is 17.5 Å². The number of nitrogens with two attached hydrogens (primary N) is 2. The van der Waals surface area contributed by atoms with Gasteiger partial charge in [0.05, 0.1) is 0 Å². The van der Waals surface area contributed by atoms with Gasteiger partial charge in [-0.25, -0.2) is 0 Å². The lowest BCUT2D eigenvalue weighted by atomic mass is 9.94. The minimum Gasteiger partial charge on any atom is -0.366 e. The van der Waals surface area contributed by atoms with Crippen molar-refractivity contribution in [3.8, 4) is 0 Å². The molecule has 82 valence electrons. The van der Waals surface area contributed by atoms with Crippen LogP contribution in [0.2, 0.25) is 0 Å². The van der Waals surface area contributed by atoms with Gasteiger partial charge < -0.3 is 11.5 Å². The summed E-state index contributed by atoms with van der Waals surface area (Å²) >= 11 is 0. The molecule has 0 unspecified atom stereocenters. The molecule has 4 N–H and O–H groups in total. The molecular weight excluding hydrogens is 188 g/mol. The van der Waals surface area contributed by atoms with Crippen LogP contribution in [0.3, 0.4) is 0 Å². The van der Waals surface area contributed by atoms with Crippen molar-refractivity contribution in [3.63, 3.8) is 0 Å². The molecule has 3 heteroatoms. The second-order valence-corrected chi connectivity index (χ2v) is 4.13. The molecular formula is C12H18N2O. The number of hydrogen-bond acceptors (Lipinski definition) is 2. The lowest BCUT2D eigenvalue weighted by molar-refractivity contribution is 0.1000. The highest BCUT2D eigenvalue weighted by Crippen LogP contribution is 2.17. The summed E-state index contributed by atoms with van der Waals surface area (Å²) in [5.74, 6) is -0.381. The third-order valence-corrected chi connectivity index (χ3v) is 2.51. The molecule has 0 bridgehead atoms. The lowest BCUT2D eigenvalue weighted by Gasteiger charge is -2.13. The molecule has 0 saturated carbocycles. The number of hydrogen-bond donors (Lipinski definition) is 2. The third kappa shape index (κ3) is 2.80. The maximum atomic E-state index is 11.0. The van der Waals surface area contributed by atoms with Gasteiger partial charge in [0.15, 0.2) is 0 Å². The summed E-state index contributed by atoms with van der Waals surface area (Å²) in [4.78, 5) is 11.0. The quantitative estimate of drug-likeness (QED) is 0.782. The van der Waals surface area contributed by atoms with Crippen molar-refractivity contribution in [3.05, 3.63) is 34.4 Å². The summed E-state index contributed by atoms with van der Waals surface area (Å²) in [6.07, 6.45) is 0.830. The fraction of sp³-hybridized carbons (Fsp3) is 0.417. The number of aryl methyl sites for hydroxylation is 2. The highest BCUT2D eigenvalue weighted by atomic mass is 16.1. The van der Waals surface area contributed by atoms with Crippen LogP contribution in [0.4, 0.5) is 0 Å². The maximum Gasteiger partial charge on any atom is 0.248 e. The first-order valence-corrected chi connectivity index (χ1v) is 5.07. The van der Waals surface area contributed by atoms with Crippen LogP contribution in [-0.4, -0.2) is 11.9 Å². The Balaban J connectivity index is 3.15. The van der Waals surface area contributed by atoms with Crippen LogP contribution in [0.5, 0.6) is 0 Å². The third-order valence-electron chi connectivity index (χ3n) is 2.51. The van der Waals surface area contributed by atoms with Crippen molar-refractivity contribution in [1.29, 1.82) is 0 Å². The average molecular weight is 206 g/mol. The van der Waals surface area contributed by atoms with E-state index in [9.17, 15) is 4.79 Å². The summed E-state index contributed by atoms with van der Waals surface area (Å²) in [5.41, 5.74) is 15.0. The van der Waals surface area contributed by atoms with E-state index in [-0.39, 0.29) is 11.9 Å². The minimum atomic E-state index is -0.381. The van der Waals surface area contributed by atoms with Crippen LogP contribution in [0.1, 0.15) is 34.0 Å². The molecule has 3 nitrogen and oxygen atoms in total. The fourth-order valence-corrected chi connectivity index (χ4v) is 1.78. The first kappa shape index (κ1) is 11.7. The highest BCUT2D eigenvalue weighted by molar-refractivity contribution is 5.93. The number of benzene rings is 1. The van der Waals surface area contributed by atoms with Gasteiger partial charge in [-0.15, -0.1) is 0 Å². The normalized spacial score (nSPS) is 12.5. The van der Waals surface area contributed by atoms with E-state index in [1.54, 1.807) is 0 Å². The van der Waals surface area contributed by atoms with Crippen LogP contribution >= 0.6 is 0 Å². The summed E-state index contributed by atoms with van der Waals surface area (Å²) in [6.45, 7) is 5.94. The van der Waals surface area contributed by atoms with Gasteiger partial charge in [-0.1, -0.05) is 0 Å². The van der Waals surface area contributed by atoms with Crippen LogP contribution in [-0.2, 0) is 6.42 Å². The molecule has 0 fully saturated rings. The van der Waals surface area contributed by atoms with Crippen LogP contribution in [0.15, 0.2) is 12.1 Å². The predicted octanol–water partition coefficient (Wildman–Crippen LogP) is 1.29. The summed E-state index contributed by atoms with van der Waals surface area (Å²) in [7, 11) is 0. The van der Waals surface area contributed by atoms with Crippen molar-refractivity contribution in [2.75, 3.05) is 0 Å². The van der Waals surface area contributed by atoms with E-state index >= 15 is 0 Å². The van der Waals surface area contributed by atoms with Gasteiger partial charge >= 0.3 is 0 Å². The minimum absolute atomic E-state index is 0.127. The van der Waals surface area contributed by atoms with Crippen molar-refractivity contribution in [2.24, 2.45) is 11.5 Å². The molecule has 0 saturated heterocycles. The Morgan fingerprint density at radius 1 is 1.33 bits per heavy atom. The molecule has 0 aromatic heterocycles. The summed E-state index contributed by atoms with van der Waals surface area (Å²) < 4.78 is 0. The molecule has 0 aliphatic carbocycles. The first-order valence-electron chi connectivity index (χ1n) is 5.07. The number of rotatable bonds is 3. The molecule has 15 heavy (non-hydrogen) atoms. The molecule has 1 aromatic carbocycles.